The van der Waals surface area contributed by atoms with Gasteiger partial charge in [-0.2, -0.15) is 8.78 Å². The summed E-state index contributed by atoms with van der Waals surface area (Å²) < 4.78 is 41.0. The summed E-state index contributed by atoms with van der Waals surface area (Å²) in [5.74, 6) is -3.92. The molecule has 106 valence electrons. The molecule has 0 aromatic carbocycles. The van der Waals surface area contributed by atoms with E-state index in [9.17, 15) is 18.3 Å². The van der Waals surface area contributed by atoms with Crippen LogP contribution in [0.4, 0.5) is 13.2 Å². The van der Waals surface area contributed by atoms with Crippen LogP contribution < -0.4 is 0 Å². The number of nitrogens with zero attached hydrogens (tertiary/aromatic N) is 1. The lowest BCUT2D eigenvalue weighted by atomic mass is 9.81. The minimum absolute atomic E-state index is 0.00829. The number of hydrogen-bond acceptors (Lipinski definition) is 2. The van der Waals surface area contributed by atoms with Crippen LogP contribution >= 0.6 is 0 Å². The van der Waals surface area contributed by atoms with Gasteiger partial charge in [-0.25, -0.2) is 4.39 Å². The van der Waals surface area contributed by atoms with Crippen LogP contribution in [0.1, 0.15) is 24.6 Å². The largest absolute Gasteiger partial charge is 0.374 e. The summed E-state index contributed by atoms with van der Waals surface area (Å²) in [5, 5.41) is 10.6. The molecule has 0 bridgehead atoms. The zero-order valence-electron chi connectivity index (χ0n) is 10.9. The fourth-order valence-corrected chi connectivity index (χ4v) is 3.09. The second-order valence-electron chi connectivity index (χ2n) is 5.31. The van der Waals surface area contributed by atoms with Gasteiger partial charge in [0.1, 0.15) is 0 Å². The maximum atomic E-state index is 14.1. The highest BCUT2D eigenvalue weighted by molar-refractivity contribution is 5.82. The number of alkyl halides is 3. The molecule has 1 unspecified atom stereocenters. The molecule has 1 heterocycles. The third-order valence-electron chi connectivity index (χ3n) is 4.10. The van der Waals surface area contributed by atoms with Crippen LogP contribution in [0.15, 0.2) is 36.1 Å². The predicted molar refractivity (Wildman–Crippen MR) is 68.9 cm³/mol. The van der Waals surface area contributed by atoms with E-state index in [-0.39, 0.29) is 17.1 Å². The van der Waals surface area contributed by atoms with Crippen molar-refractivity contribution in [3.05, 3.63) is 47.3 Å². The van der Waals surface area contributed by atoms with Gasteiger partial charge < -0.3 is 5.11 Å². The van der Waals surface area contributed by atoms with Gasteiger partial charge in [0.25, 0.3) is 0 Å². The number of aromatic nitrogens is 1. The number of halogens is 3. The number of rotatable bonds is 2. The Morgan fingerprint density at radius 3 is 2.95 bits per heavy atom. The molecule has 2 nitrogen and oxygen atoms in total. The van der Waals surface area contributed by atoms with Crippen molar-refractivity contribution in [2.45, 2.75) is 24.9 Å². The van der Waals surface area contributed by atoms with Gasteiger partial charge >= 0.3 is 5.92 Å². The van der Waals surface area contributed by atoms with Crippen molar-refractivity contribution < 1.29 is 18.3 Å². The molecular formula is C15H14F3NO. The van der Waals surface area contributed by atoms with Crippen molar-refractivity contribution in [3.8, 4) is 0 Å². The molecule has 2 aliphatic carbocycles. The molecule has 1 aromatic rings. The first-order valence-electron chi connectivity index (χ1n) is 6.46. The van der Waals surface area contributed by atoms with Gasteiger partial charge in [0.05, 0.1) is 5.69 Å². The van der Waals surface area contributed by atoms with E-state index in [1.54, 1.807) is 6.08 Å². The van der Waals surface area contributed by atoms with Crippen LogP contribution in [0, 0.1) is 5.92 Å². The van der Waals surface area contributed by atoms with Gasteiger partial charge in [0.2, 0.25) is 0 Å². The number of pyridine rings is 1. The quantitative estimate of drug-likeness (QED) is 0.902. The third-order valence-corrected chi connectivity index (χ3v) is 4.10. The molecule has 5 heteroatoms. The topological polar surface area (TPSA) is 33.1 Å². The minimum atomic E-state index is -3.89. The van der Waals surface area contributed by atoms with Gasteiger partial charge in [-0.1, -0.05) is 25.1 Å². The second kappa shape index (κ2) is 4.19. The Bertz CT molecular complexity index is 623. The maximum Gasteiger partial charge on any atom is 0.312 e. The highest BCUT2D eigenvalue weighted by Gasteiger charge is 2.61. The van der Waals surface area contributed by atoms with Gasteiger partial charge in [0, 0.05) is 11.8 Å². The molecule has 0 spiro atoms. The highest BCUT2D eigenvalue weighted by atomic mass is 19.3. The molecule has 1 aromatic heterocycles. The van der Waals surface area contributed by atoms with Crippen LogP contribution in [0.25, 0.3) is 5.57 Å². The molecule has 0 amide bonds. The van der Waals surface area contributed by atoms with E-state index in [2.05, 4.69) is 4.98 Å². The molecule has 2 atom stereocenters. The Labute approximate surface area is 114 Å². The summed E-state index contributed by atoms with van der Waals surface area (Å²) >= 11 is 0. The van der Waals surface area contributed by atoms with E-state index in [0.717, 1.165) is 0 Å². The van der Waals surface area contributed by atoms with Crippen molar-refractivity contribution in [2.24, 2.45) is 5.92 Å². The van der Waals surface area contributed by atoms with Gasteiger partial charge in [-0.05, 0) is 29.6 Å². The fourth-order valence-electron chi connectivity index (χ4n) is 3.09. The average Bonchev–Trinajstić information content (AvgIpc) is 2.72. The average molecular weight is 281 g/mol. The molecular weight excluding hydrogens is 267 g/mol. The molecule has 0 fully saturated rings. The first-order valence-corrected chi connectivity index (χ1v) is 6.46. The van der Waals surface area contributed by atoms with Crippen LogP contribution in [0.3, 0.4) is 0 Å². The normalized spacial score (nSPS) is 28.6. The molecule has 2 aliphatic rings. The SMILES string of the molecule is CC1CC=CC2=C1c1ncccc1[C@@]2(O)C(F)(F)CF. The molecule has 0 radical (unpaired) electrons. The number of fused-ring (bicyclic) bond motifs is 2. The summed E-state index contributed by atoms with van der Waals surface area (Å²) in [6.45, 7) is -0.0343. The molecule has 0 saturated carbocycles. The van der Waals surface area contributed by atoms with Gasteiger partial charge in [-0.3, -0.25) is 4.98 Å². The van der Waals surface area contributed by atoms with Gasteiger partial charge in [0.15, 0.2) is 12.3 Å². The Kier molecular flexibility index (Phi) is 2.80. The molecule has 0 saturated heterocycles. The Morgan fingerprint density at radius 2 is 2.25 bits per heavy atom. The van der Waals surface area contributed by atoms with E-state index >= 15 is 0 Å². The van der Waals surface area contributed by atoms with Crippen molar-refractivity contribution in [1.29, 1.82) is 0 Å². The standard InChI is InChI=1S/C15H14F3NO/c1-9-4-2-5-10-12(9)13-11(6-3-7-19-13)15(10,20)14(17,18)8-16/h2-3,5-7,9,20H,4,8H2,1H3/t9?,15-/m1/s1. The summed E-state index contributed by atoms with van der Waals surface area (Å²) in [5.41, 5.74) is -1.61. The number of aliphatic hydroxyl groups is 1. The lowest BCUT2D eigenvalue weighted by molar-refractivity contribution is -0.172. The van der Waals surface area contributed by atoms with Crippen molar-refractivity contribution >= 4 is 5.57 Å². The summed E-state index contributed by atoms with van der Waals surface area (Å²) in [6.07, 6.45) is 5.38. The molecule has 3 rings (SSSR count). The van der Waals surface area contributed by atoms with Crippen LogP contribution in [-0.2, 0) is 5.60 Å². The molecule has 0 aliphatic heterocycles. The first kappa shape index (κ1) is 13.4. The van der Waals surface area contributed by atoms with Gasteiger partial charge in [-0.15, -0.1) is 0 Å². The summed E-state index contributed by atoms with van der Waals surface area (Å²) in [7, 11) is 0. The Morgan fingerprint density at radius 1 is 1.50 bits per heavy atom. The number of hydrogen-bond donors (Lipinski definition) is 1. The zero-order chi connectivity index (χ0) is 14.5. The summed E-state index contributed by atoms with van der Waals surface area (Å²) in [6, 6.07) is 2.87. The van der Waals surface area contributed by atoms with E-state index in [0.29, 0.717) is 17.7 Å². The Hall–Kier alpha value is -1.62. The van der Waals surface area contributed by atoms with Crippen molar-refractivity contribution in [3.63, 3.8) is 0 Å². The van der Waals surface area contributed by atoms with E-state index in [1.165, 1.54) is 24.4 Å². The third kappa shape index (κ3) is 1.47. The smallest absolute Gasteiger partial charge is 0.312 e. The van der Waals surface area contributed by atoms with E-state index < -0.39 is 18.2 Å². The predicted octanol–water partition coefficient (Wildman–Crippen LogP) is 3.24. The first-order chi connectivity index (χ1) is 9.43. The van der Waals surface area contributed by atoms with Crippen LogP contribution in [-0.4, -0.2) is 22.7 Å². The number of allylic oxidation sites excluding steroid dienone is 2. The zero-order valence-corrected chi connectivity index (χ0v) is 10.9. The fraction of sp³-hybridized carbons (Fsp3) is 0.400. The molecule has 1 N–H and O–H groups in total. The van der Waals surface area contributed by atoms with E-state index in [1.807, 2.05) is 6.92 Å². The van der Waals surface area contributed by atoms with Crippen LogP contribution in [0.2, 0.25) is 0 Å². The lowest BCUT2D eigenvalue weighted by Crippen LogP contribution is -2.47. The minimum Gasteiger partial charge on any atom is -0.374 e. The maximum absolute atomic E-state index is 14.1. The van der Waals surface area contributed by atoms with Crippen molar-refractivity contribution in [2.75, 3.05) is 6.67 Å². The summed E-state index contributed by atoms with van der Waals surface area (Å²) in [4.78, 5) is 4.13. The second-order valence-corrected chi connectivity index (χ2v) is 5.31. The van der Waals surface area contributed by atoms with E-state index in [4.69, 9.17) is 0 Å². The van der Waals surface area contributed by atoms with Crippen LogP contribution in [0.5, 0.6) is 0 Å². The monoisotopic (exact) mass is 281 g/mol. The van der Waals surface area contributed by atoms with Crippen molar-refractivity contribution in [1.82, 2.24) is 4.98 Å². The molecule has 20 heavy (non-hydrogen) atoms. The lowest BCUT2D eigenvalue weighted by Gasteiger charge is -2.34. The Balaban J connectivity index is 2.33. The highest BCUT2D eigenvalue weighted by Crippen LogP contribution is 2.55.